The molecule has 2 N–H and O–H groups in total. The lowest BCUT2D eigenvalue weighted by Gasteiger charge is -2.08. The summed E-state index contributed by atoms with van der Waals surface area (Å²) in [5.74, 6) is -2.07. The minimum Gasteiger partial charge on any atom is -0.480 e. The van der Waals surface area contributed by atoms with Crippen molar-refractivity contribution in [2.24, 2.45) is 0 Å². The van der Waals surface area contributed by atoms with Crippen molar-refractivity contribution in [1.29, 1.82) is 0 Å². The zero-order valence-electron chi connectivity index (χ0n) is 9.91. The standard InChI is InChI=1S/C11H10N2O5S/c1-2-6-12-9-8(5(4-19-9)11(17)18)10(16)13(6)3-7(14)15/h4H,2-3H2,1H3,(H,14,15)(H,17,18). The Morgan fingerprint density at radius 2 is 2.11 bits per heavy atom. The highest BCUT2D eigenvalue weighted by molar-refractivity contribution is 7.17. The lowest BCUT2D eigenvalue weighted by molar-refractivity contribution is -0.137. The largest absolute Gasteiger partial charge is 0.480 e. The van der Waals surface area contributed by atoms with Crippen LogP contribution in [0.4, 0.5) is 0 Å². The van der Waals surface area contributed by atoms with Crippen molar-refractivity contribution in [3.05, 3.63) is 27.1 Å². The van der Waals surface area contributed by atoms with Gasteiger partial charge in [0.25, 0.3) is 5.56 Å². The van der Waals surface area contributed by atoms with Crippen molar-refractivity contribution < 1.29 is 19.8 Å². The molecule has 2 aromatic rings. The molecular formula is C11H10N2O5S. The zero-order chi connectivity index (χ0) is 14.2. The van der Waals surface area contributed by atoms with Gasteiger partial charge in [-0.3, -0.25) is 14.2 Å². The Hall–Kier alpha value is -2.22. The van der Waals surface area contributed by atoms with E-state index in [0.717, 1.165) is 15.9 Å². The minimum absolute atomic E-state index is 0.0315. The van der Waals surface area contributed by atoms with E-state index in [2.05, 4.69) is 4.98 Å². The fourth-order valence-corrected chi connectivity index (χ4v) is 2.71. The first kappa shape index (κ1) is 13.2. The summed E-state index contributed by atoms with van der Waals surface area (Å²) in [6.07, 6.45) is 0.388. The van der Waals surface area contributed by atoms with Crippen molar-refractivity contribution in [2.45, 2.75) is 19.9 Å². The maximum Gasteiger partial charge on any atom is 0.337 e. The number of thiophene rings is 1. The van der Waals surface area contributed by atoms with E-state index in [4.69, 9.17) is 10.2 Å². The van der Waals surface area contributed by atoms with Gasteiger partial charge in [0.05, 0.1) is 10.9 Å². The second kappa shape index (κ2) is 4.81. The summed E-state index contributed by atoms with van der Waals surface area (Å²) in [6.45, 7) is 1.22. The van der Waals surface area contributed by atoms with Gasteiger partial charge in [0.2, 0.25) is 0 Å². The third kappa shape index (κ3) is 2.22. The Morgan fingerprint density at radius 1 is 1.42 bits per heavy atom. The predicted octanol–water partition coefficient (Wildman–Crippen LogP) is 0.803. The van der Waals surface area contributed by atoms with Crippen LogP contribution < -0.4 is 5.56 Å². The number of hydrogen-bond acceptors (Lipinski definition) is 5. The van der Waals surface area contributed by atoms with Gasteiger partial charge in [-0.15, -0.1) is 11.3 Å². The van der Waals surface area contributed by atoms with Crippen LogP contribution in [-0.2, 0) is 17.8 Å². The average molecular weight is 282 g/mol. The quantitative estimate of drug-likeness (QED) is 0.858. The number of rotatable bonds is 4. The van der Waals surface area contributed by atoms with E-state index >= 15 is 0 Å². The molecule has 7 nitrogen and oxygen atoms in total. The molecule has 100 valence electrons. The number of aromatic carboxylic acids is 1. The number of fused-ring (bicyclic) bond motifs is 1. The number of aryl methyl sites for hydroxylation is 1. The molecule has 0 amide bonds. The van der Waals surface area contributed by atoms with Gasteiger partial charge >= 0.3 is 11.9 Å². The molecule has 0 spiro atoms. The van der Waals surface area contributed by atoms with Gasteiger partial charge in [0.1, 0.15) is 17.2 Å². The van der Waals surface area contributed by atoms with E-state index in [1.54, 1.807) is 6.92 Å². The van der Waals surface area contributed by atoms with Gasteiger partial charge in [-0.05, 0) is 0 Å². The summed E-state index contributed by atoms with van der Waals surface area (Å²) in [5, 5.41) is 19.1. The summed E-state index contributed by atoms with van der Waals surface area (Å²) in [7, 11) is 0. The van der Waals surface area contributed by atoms with Gasteiger partial charge in [-0.2, -0.15) is 0 Å². The second-order valence-electron chi connectivity index (χ2n) is 3.80. The van der Waals surface area contributed by atoms with Crippen molar-refractivity contribution in [1.82, 2.24) is 9.55 Å². The first-order valence-corrected chi connectivity index (χ1v) is 6.29. The van der Waals surface area contributed by atoms with Crippen molar-refractivity contribution in [3.8, 4) is 0 Å². The van der Waals surface area contributed by atoms with Crippen LogP contribution in [0.2, 0.25) is 0 Å². The van der Waals surface area contributed by atoms with E-state index in [1.165, 1.54) is 5.38 Å². The zero-order valence-corrected chi connectivity index (χ0v) is 10.7. The molecule has 2 rings (SSSR count). The number of carboxylic acids is 2. The van der Waals surface area contributed by atoms with Crippen LogP contribution in [-0.4, -0.2) is 31.7 Å². The molecule has 8 heteroatoms. The van der Waals surface area contributed by atoms with Crippen LogP contribution in [0.3, 0.4) is 0 Å². The molecule has 2 aromatic heterocycles. The molecule has 2 heterocycles. The fourth-order valence-electron chi connectivity index (χ4n) is 1.79. The van der Waals surface area contributed by atoms with Crippen LogP contribution in [0.15, 0.2) is 10.2 Å². The van der Waals surface area contributed by atoms with Crippen molar-refractivity contribution in [3.63, 3.8) is 0 Å². The van der Waals surface area contributed by atoms with E-state index in [1.807, 2.05) is 0 Å². The monoisotopic (exact) mass is 282 g/mol. The van der Waals surface area contributed by atoms with Gasteiger partial charge in [-0.25, -0.2) is 9.78 Å². The highest BCUT2D eigenvalue weighted by Crippen LogP contribution is 2.21. The lowest BCUT2D eigenvalue weighted by Crippen LogP contribution is -2.28. The smallest absolute Gasteiger partial charge is 0.337 e. The molecular weight excluding hydrogens is 272 g/mol. The highest BCUT2D eigenvalue weighted by atomic mass is 32.1. The van der Waals surface area contributed by atoms with Crippen LogP contribution in [0.5, 0.6) is 0 Å². The summed E-state index contributed by atoms with van der Waals surface area (Å²) in [4.78, 5) is 38.5. The second-order valence-corrected chi connectivity index (χ2v) is 4.66. The molecule has 0 aromatic carbocycles. The first-order chi connectivity index (χ1) is 8.95. The average Bonchev–Trinajstić information content (AvgIpc) is 2.76. The number of carboxylic acid groups (broad SMARTS) is 2. The normalized spacial score (nSPS) is 10.8. The Morgan fingerprint density at radius 3 is 2.63 bits per heavy atom. The molecule has 0 bridgehead atoms. The van der Waals surface area contributed by atoms with E-state index in [0.29, 0.717) is 17.1 Å². The van der Waals surface area contributed by atoms with Gasteiger partial charge in [-0.1, -0.05) is 6.92 Å². The Bertz CT molecular complexity index is 730. The number of aromatic nitrogens is 2. The number of hydrogen-bond donors (Lipinski definition) is 2. The van der Waals surface area contributed by atoms with Crippen LogP contribution in [0.25, 0.3) is 10.2 Å². The molecule has 0 saturated heterocycles. The third-order valence-electron chi connectivity index (χ3n) is 2.61. The Kier molecular flexibility index (Phi) is 3.34. The van der Waals surface area contributed by atoms with Gasteiger partial charge in [0, 0.05) is 11.8 Å². The van der Waals surface area contributed by atoms with Crippen molar-refractivity contribution in [2.75, 3.05) is 0 Å². The maximum absolute atomic E-state index is 12.2. The molecule has 0 aliphatic rings. The fraction of sp³-hybridized carbons (Fsp3) is 0.273. The van der Waals surface area contributed by atoms with Crippen LogP contribution >= 0.6 is 11.3 Å². The Labute approximate surface area is 110 Å². The summed E-state index contributed by atoms with van der Waals surface area (Å²) < 4.78 is 1.00. The molecule has 0 radical (unpaired) electrons. The SMILES string of the molecule is CCc1nc2scc(C(=O)O)c2c(=O)n1CC(=O)O. The van der Waals surface area contributed by atoms with E-state index in [9.17, 15) is 14.4 Å². The molecule has 0 unspecified atom stereocenters. The van der Waals surface area contributed by atoms with Crippen molar-refractivity contribution >= 4 is 33.5 Å². The summed E-state index contributed by atoms with van der Waals surface area (Å²) >= 11 is 1.06. The molecule has 0 atom stereocenters. The highest BCUT2D eigenvalue weighted by Gasteiger charge is 2.19. The first-order valence-electron chi connectivity index (χ1n) is 5.41. The van der Waals surface area contributed by atoms with E-state index in [-0.39, 0.29) is 10.9 Å². The number of aliphatic carboxylic acids is 1. The third-order valence-corrected chi connectivity index (χ3v) is 3.49. The van der Waals surface area contributed by atoms with Crippen LogP contribution in [0, 0.1) is 0 Å². The molecule has 0 aliphatic heterocycles. The summed E-state index contributed by atoms with van der Waals surface area (Å²) in [6, 6.07) is 0. The van der Waals surface area contributed by atoms with Gasteiger partial charge in [0.15, 0.2) is 0 Å². The van der Waals surface area contributed by atoms with Gasteiger partial charge < -0.3 is 10.2 Å². The molecule has 19 heavy (non-hydrogen) atoms. The summed E-state index contributed by atoms with van der Waals surface area (Å²) in [5.41, 5.74) is -0.762. The van der Waals surface area contributed by atoms with E-state index < -0.39 is 24.0 Å². The van der Waals surface area contributed by atoms with Crippen LogP contribution in [0.1, 0.15) is 23.1 Å². The lowest BCUT2D eigenvalue weighted by atomic mass is 10.2. The number of nitrogens with zero attached hydrogens (tertiary/aromatic N) is 2. The minimum atomic E-state index is -1.23. The Balaban J connectivity index is 2.82. The topological polar surface area (TPSA) is 109 Å². The predicted molar refractivity (Wildman–Crippen MR) is 67.9 cm³/mol. The maximum atomic E-state index is 12.2. The number of carbonyl (C=O) groups is 2. The molecule has 0 fully saturated rings. The molecule has 0 aliphatic carbocycles. The molecule has 0 saturated carbocycles.